The molecule has 0 radical (unpaired) electrons. The van der Waals surface area contributed by atoms with E-state index in [1.807, 2.05) is 0 Å². The molecule has 25 heavy (non-hydrogen) atoms. The SMILES string of the molecule is COC(=O)c1ccc(CSc2ccc(NC(=O)c3ccco3)nn2)o1. The minimum Gasteiger partial charge on any atom is -0.463 e. The number of amides is 1. The number of aromatic nitrogens is 2. The van der Waals surface area contributed by atoms with Crippen LogP contribution in [0.1, 0.15) is 26.9 Å². The van der Waals surface area contributed by atoms with Crippen LogP contribution < -0.4 is 5.32 Å². The van der Waals surface area contributed by atoms with Crippen LogP contribution >= 0.6 is 11.8 Å². The lowest BCUT2D eigenvalue weighted by Gasteiger charge is -2.02. The Labute approximate surface area is 146 Å². The summed E-state index contributed by atoms with van der Waals surface area (Å²) in [5.74, 6) is 0.834. The lowest BCUT2D eigenvalue weighted by molar-refractivity contribution is 0.0563. The normalized spacial score (nSPS) is 10.4. The van der Waals surface area contributed by atoms with E-state index in [-0.39, 0.29) is 11.5 Å². The van der Waals surface area contributed by atoms with Crippen molar-refractivity contribution in [2.75, 3.05) is 12.4 Å². The number of thioether (sulfide) groups is 1. The first-order chi connectivity index (χ1) is 12.2. The largest absolute Gasteiger partial charge is 0.463 e. The third kappa shape index (κ3) is 4.27. The van der Waals surface area contributed by atoms with Crippen LogP contribution in [0.3, 0.4) is 0 Å². The monoisotopic (exact) mass is 359 g/mol. The van der Waals surface area contributed by atoms with E-state index >= 15 is 0 Å². The number of anilines is 1. The Hall–Kier alpha value is -3.07. The number of hydrogen-bond donors (Lipinski definition) is 1. The van der Waals surface area contributed by atoms with Gasteiger partial charge in [-0.25, -0.2) is 4.79 Å². The van der Waals surface area contributed by atoms with Gasteiger partial charge in [0.05, 0.1) is 19.1 Å². The number of carbonyl (C=O) groups is 2. The summed E-state index contributed by atoms with van der Waals surface area (Å²) in [5.41, 5.74) is 0. The molecule has 0 fully saturated rings. The first-order valence-corrected chi connectivity index (χ1v) is 8.12. The van der Waals surface area contributed by atoms with E-state index in [9.17, 15) is 9.59 Å². The van der Waals surface area contributed by atoms with E-state index < -0.39 is 11.9 Å². The molecule has 9 heteroatoms. The van der Waals surface area contributed by atoms with Gasteiger partial charge in [-0.15, -0.1) is 10.2 Å². The average Bonchev–Trinajstić information content (AvgIpc) is 3.32. The summed E-state index contributed by atoms with van der Waals surface area (Å²) < 4.78 is 14.9. The topological polar surface area (TPSA) is 107 Å². The number of furan rings is 2. The number of nitrogens with one attached hydrogen (secondary N) is 1. The predicted molar refractivity (Wildman–Crippen MR) is 88.3 cm³/mol. The second-order valence-electron chi connectivity index (χ2n) is 4.73. The molecule has 0 spiro atoms. The van der Waals surface area contributed by atoms with Crippen molar-refractivity contribution in [3.63, 3.8) is 0 Å². The maximum atomic E-state index is 11.8. The molecule has 8 nitrogen and oxygen atoms in total. The summed E-state index contributed by atoms with van der Waals surface area (Å²) in [5, 5.41) is 11.2. The molecule has 0 saturated carbocycles. The third-order valence-corrected chi connectivity index (χ3v) is 3.98. The number of hydrogen-bond acceptors (Lipinski definition) is 8. The molecule has 0 atom stereocenters. The summed E-state index contributed by atoms with van der Waals surface area (Å²) in [6, 6.07) is 9.79. The van der Waals surface area contributed by atoms with Crippen molar-refractivity contribution >= 4 is 29.5 Å². The molecule has 0 aliphatic rings. The van der Waals surface area contributed by atoms with Gasteiger partial charge in [-0.1, -0.05) is 11.8 Å². The number of carbonyl (C=O) groups excluding carboxylic acids is 2. The summed E-state index contributed by atoms with van der Waals surface area (Å²) in [4.78, 5) is 23.2. The Morgan fingerprint density at radius 1 is 1.16 bits per heavy atom. The van der Waals surface area contributed by atoms with Gasteiger partial charge in [-0.05, 0) is 36.4 Å². The molecule has 0 bridgehead atoms. The highest BCUT2D eigenvalue weighted by Crippen LogP contribution is 2.22. The molecule has 3 rings (SSSR count). The van der Waals surface area contributed by atoms with E-state index in [4.69, 9.17) is 8.83 Å². The first-order valence-electron chi connectivity index (χ1n) is 7.14. The molecule has 0 saturated heterocycles. The molecule has 0 unspecified atom stereocenters. The van der Waals surface area contributed by atoms with Gasteiger partial charge in [0.15, 0.2) is 11.6 Å². The van der Waals surface area contributed by atoms with E-state index in [2.05, 4.69) is 20.3 Å². The van der Waals surface area contributed by atoms with Gasteiger partial charge < -0.3 is 18.9 Å². The summed E-state index contributed by atoms with van der Waals surface area (Å²) >= 11 is 1.38. The van der Waals surface area contributed by atoms with Crippen LogP contribution in [0.4, 0.5) is 5.82 Å². The van der Waals surface area contributed by atoms with Crippen molar-refractivity contribution in [2.24, 2.45) is 0 Å². The maximum absolute atomic E-state index is 11.8. The zero-order chi connectivity index (χ0) is 17.6. The summed E-state index contributed by atoms with van der Waals surface area (Å²) in [6.07, 6.45) is 1.42. The number of rotatable bonds is 6. The molecule has 3 aromatic heterocycles. The predicted octanol–water partition coefficient (Wildman–Crippen LogP) is 2.99. The molecule has 0 aliphatic heterocycles. The van der Waals surface area contributed by atoms with E-state index in [1.54, 1.807) is 36.4 Å². The van der Waals surface area contributed by atoms with E-state index in [0.717, 1.165) is 0 Å². The van der Waals surface area contributed by atoms with Crippen molar-refractivity contribution in [3.8, 4) is 0 Å². The Bertz CT molecular complexity index is 858. The van der Waals surface area contributed by atoms with Gasteiger partial charge in [0, 0.05) is 0 Å². The van der Waals surface area contributed by atoms with Gasteiger partial charge in [0.1, 0.15) is 10.8 Å². The maximum Gasteiger partial charge on any atom is 0.373 e. The van der Waals surface area contributed by atoms with Crippen LogP contribution in [0.2, 0.25) is 0 Å². The fourth-order valence-corrected chi connectivity index (χ4v) is 2.57. The highest BCUT2D eigenvalue weighted by molar-refractivity contribution is 7.98. The van der Waals surface area contributed by atoms with Gasteiger partial charge in [-0.3, -0.25) is 4.79 Å². The van der Waals surface area contributed by atoms with Crippen LogP contribution in [0, 0.1) is 0 Å². The fraction of sp³-hybridized carbons (Fsp3) is 0.125. The fourth-order valence-electron chi connectivity index (χ4n) is 1.86. The number of ether oxygens (including phenoxy) is 1. The Morgan fingerprint density at radius 2 is 2.04 bits per heavy atom. The zero-order valence-electron chi connectivity index (χ0n) is 13.1. The van der Waals surface area contributed by atoms with Crippen molar-refractivity contribution in [3.05, 3.63) is 59.9 Å². The quantitative estimate of drug-likeness (QED) is 0.529. The van der Waals surface area contributed by atoms with Crippen molar-refractivity contribution in [1.82, 2.24) is 10.2 Å². The summed E-state index contributed by atoms with van der Waals surface area (Å²) in [6.45, 7) is 0. The average molecular weight is 359 g/mol. The molecule has 0 aromatic carbocycles. The van der Waals surface area contributed by atoms with Gasteiger partial charge in [0.2, 0.25) is 5.76 Å². The minimum absolute atomic E-state index is 0.153. The molecular formula is C16H13N3O5S. The van der Waals surface area contributed by atoms with E-state index in [1.165, 1.54) is 25.1 Å². The van der Waals surface area contributed by atoms with Crippen LogP contribution in [0.15, 0.2) is 56.5 Å². The standard InChI is InChI=1S/C16H13N3O5S/c1-22-16(21)12-5-4-10(24-12)9-25-14-7-6-13(18-19-14)17-15(20)11-3-2-8-23-11/h2-8H,9H2,1H3,(H,17,18,20). The Kier molecular flexibility index (Phi) is 5.14. The second kappa shape index (κ2) is 7.67. The number of nitrogens with zero attached hydrogens (tertiary/aromatic N) is 2. The minimum atomic E-state index is -0.521. The van der Waals surface area contributed by atoms with Crippen molar-refractivity contribution < 1.29 is 23.2 Å². The third-order valence-electron chi connectivity index (χ3n) is 3.04. The highest BCUT2D eigenvalue weighted by atomic mass is 32.2. The Balaban J connectivity index is 1.55. The number of methoxy groups -OCH3 is 1. The number of esters is 1. The van der Waals surface area contributed by atoms with Crippen LogP contribution in [-0.4, -0.2) is 29.2 Å². The second-order valence-corrected chi connectivity index (χ2v) is 5.73. The molecule has 3 heterocycles. The van der Waals surface area contributed by atoms with Gasteiger partial charge in [-0.2, -0.15) is 0 Å². The van der Waals surface area contributed by atoms with E-state index in [0.29, 0.717) is 22.4 Å². The van der Waals surface area contributed by atoms with Crippen LogP contribution in [-0.2, 0) is 10.5 Å². The lowest BCUT2D eigenvalue weighted by atomic mass is 10.4. The molecule has 1 amide bonds. The van der Waals surface area contributed by atoms with Crippen LogP contribution in [0.5, 0.6) is 0 Å². The molecule has 128 valence electrons. The van der Waals surface area contributed by atoms with Crippen molar-refractivity contribution in [1.29, 1.82) is 0 Å². The molecular weight excluding hydrogens is 346 g/mol. The molecule has 3 aromatic rings. The van der Waals surface area contributed by atoms with Crippen LogP contribution in [0.25, 0.3) is 0 Å². The van der Waals surface area contributed by atoms with Gasteiger partial charge in [0.25, 0.3) is 5.91 Å². The smallest absolute Gasteiger partial charge is 0.373 e. The zero-order valence-corrected chi connectivity index (χ0v) is 13.9. The highest BCUT2D eigenvalue weighted by Gasteiger charge is 2.12. The lowest BCUT2D eigenvalue weighted by Crippen LogP contribution is -2.12. The molecule has 0 aliphatic carbocycles. The molecule has 1 N–H and O–H groups in total. The Morgan fingerprint density at radius 3 is 2.72 bits per heavy atom. The first kappa shape index (κ1) is 16.8. The van der Waals surface area contributed by atoms with Crippen molar-refractivity contribution in [2.45, 2.75) is 10.8 Å². The van der Waals surface area contributed by atoms with Gasteiger partial charge >= 0.3 is 5.97 Å². The summed E-state index contributed by atoms with van der Waals surface area (Å²) in [7, 11) is 1.29.